The number of aromatic nitrogens is 2. The summed E-state index contributed by atoms with van der Waals surface area (Å²) >= 11 is 1.23. The van der Waals surface area contributed by atoms with Crippen molar-refractivity contribution in [1.29, 1.82) is 0 Å². The normalized spacial score (nSPS) is 13.9. The number of hydrogen-bond donors (Lipinski definition) is 2. The van der Waals surface area contributed by atoms with Crippen LogP contribution in [0.3, 0.4) is 0 Å². The summed E-state index contributed by atoms with van der Waals surface area (Å²) in [5.41, 5.74) is 0.592. The van der Waals surface area contributed by atoms with E-state index in [4.69, 9.17) is 0 Å². The number of rotatable bonds is 5. The van der Waals surface area contributed by atoms with E-state index in [9.17, 15) is 14.4 Å². The van der Waals surface area contributed by atoms with Crippen molar-refractivity contribution in [3.05, 3.63) is 26.6 Å². The van der Waals surface area contributed by atoms with Crippen LogP contribution in [-0.2, 0) is 17.8 Å². The molecule has 1 aliphatic rings. The summed E-state index contributed by atoms with van der Waals surface area (Å²) < 4.78 is 1.76. The van der Waals surface area contributed by atoms with E-state index in [1.54, 1.807) is 11.5 Å². The van der Waals surface area contributed by atoms with Gasteiger partial charge in [-0.2, -0.15) is 0 Å². The quantitative estimate of drug-likeness (QED) is 0.831. The Kier molecular flexibility index (Phi) is 5.70. The summed E-state index contributed by atoms with van der Waals surface area (Å²) in [4.78, 5) is 42.8. The minimum Gasteiger partial charge on any atom is -0.355 e. The van der Waals surface area contributed by atoms with E-state index in [2.05, 4.69) is 15.6 Å². The number of nitrogens with one attached hydrogen (secondary N) is 2. The van der Waals surface area contributed by atoms with Crippen LogP contribution in [0.2, 0.25) is 0 Å². The summed E-state index contributed by atoms with van der Waals surface area (Å²) in [6.45, 7) is 4.94. The van der Waals surface area contributed by atoms with Crippen LogP contribution in [0.25, 0.3) is 10.2 Å². The molecule has 0 aliphatic carbocycles. The third-order valence-electron chi connectivity index (χ3n) is 4.60. The van der Waals surface area contributed by atoms with Crippen molar-refractivity contribution in [3.8, 4) is 0 Å². The Morgan fingerprint density at radius 1 is 1.23 bits per heavy atom. The van der Waals surface area contributed by atoms with Gasteiger partial charge in [-0.1, -0.05) is 13.3 Å². The van der Waals surface area contributed by atoms with Crippen molar-refractivity contribution in [2.45, 2.75) is 52.5 Å². The Bertz CT molecular complexity index is 900. The van der Waals surface area contributed by atoms with Crippen molar-refractivity contribution >= 4 is 33.4 Å². The Hall–Kier alpha value is -2.22. The highest BCUT2D eigenvalue weighted by atomic mass is 32.1. The molecule has 0 unspecified atom stereocenters. The fraction of sp³-hybridized carbons (Fsp3) is 0.556. The molecule has 8 heteroatoms. The van der Waals surface area contributed by atoms with Crippen LogP contribution in [0.4, 0.5) is 0 Å². The maximum absolute atomic E-state index is 12.9. The van der Waals surface area contributed by atoms with Crippen LogP contribution in [0.5, 0.6) is 0 Å². The summed E-state index contributed by atoms with van der Waals surface area (Å²) in [6.07, 6.45) is 4.74. The Labute approximate surface area is 155 Å². The first-order chi connectivity index (χ1) is 12.5. The summed E-state index contributed by atoms with van der Waals surface area (Å²) in [5, 5.41) is 5.88. The van der Waals surface area contributed by atoms with Crippen molar-refractivity contribution in [2.24, 2.45) is 0 Å². The van der Waals surface area contributed by atoms with E-state index in [1.165, 1.54) is 11.3 Å². The topological polar surface area (TPSA) is 93.1 Å². The lowest BCUT2D eigenvalue weighted by Gasteiger charge is -2.08. The molecule has 7 nitrogen and oxygen atoms in total. The van der Waals surface area contributed by atoms with Crippen molar-refractivity contribution < 1.29 is 9.59 Å². The SMILES string of the molecule is CCCNC(=O)CNC(=O)c1sc2nc3n(c(=O)c2c1C)CCCCC3. The second-order valence-corrected chi connectivity index (χ2v) is 7.56. The smallest absolute Gasteiger partial charge is 0.262 e. The maximum atomic E-state index is 12.9. The first kappa shape index (κ1) is 18.6. The number of amides is 2. The Balaban J connectivity index is 1.87. The molecule has 140 valence electrons. The summed E-state index contributed by atoms with van der Waals surface area (Å²) in [6, 6.07) is 0. The molecule has 0 saturated heterocycles. The van der Waals surface area contributed by atoms with Gasteiger partial charge in [0.25, 0.3) is 11.5 Å². The summed E-state index contributed by atoms with van der Waals surface area (Å²) in [5.74, 6) is 0.257. The molecule has 2 aromatic heterocycles. The summed E-state index contributed by atoms with van der Waals surface area (Å²) in [7, 11) is 0. The van der Waals surface area contributed by atoms with Gasteiger partial charge >= 0.3 is 0 Å². The van der Waals surface area contributed by atoms with Gasteiger partial charge in [0.05, 0.1) is 16.8 Å². The Morgan fingerprint density at radius 2 is 2.04 bits per heavy atom. The molecule has 1 aliphatic heterocycles. The van der Waals surface area contributed by atoms with Crippen LogP contribution in [-0.4, -0.2) is 34.5 Å². The van der Waals surface area contributed by atoms with Crippen molar-refractivity contribution in [3.63, 3.8) is 0 Å². The molecular formula is C18H24N4O3S. The fourth-order valence-electron chi connectivity index (χ4n) is 3.19. The minimum atomic E-state index is -0.336. The van der Waals surface area contributed by atoms with Crippen LogP contribution in [0, 0.1) is 6.92 Å². The molecule has 3 rings (SSSR count). The average molecular weight is 376 g/mol. The number of nitrogens with zero attached hydrogens (tertiary/aromatic N) is 2. The molecule has 0 fully saturated rings. The van der Waals surface area contributed by atoms with Gasteiger partial charge in [0.2, 0.25) is 5.91 Å². The van der Waals surface area contributed by atoms with Gasteiger partial charge in [-0.15, -0.1) is 11.3 Å². The average Bonchev–Trinajstić information content (AvgIpc) is 2.80. The van der Waals surface area contributed by atoms with Gasteiger partial charge in [-0.25, -0.2) is 4.98 Å². The molecule has 0 spiro atoms. The molecule has 2 amide bonds. The van der Waals surface area contributed by atoms with Gasteiger partial charge in [0.1, 0.15) is 10.7 Å². The van der Waals surface area contributed by atoms with E-state index >= 15 is 0 Å². The zero-order valence-corrected chi connectivity index (χ0v) is 16.0. The maximum Gasteiger partial charge on any atom is 0.262 e. The predicted octanol–water partition coefficient (Wildman–Crippen LogP) is 1.75. The highest BCUT2D eigenvalue weighted by Crippen LogP contribution is 2.28. The van der Waals surface area contributed by atoms with Crippen LogP contribution < -0.4 is 16.2 Å². The molecule has 0 saturated carbocycles. The molecule has 0 aromatic carbocycles. The van der Waals surface area contributed by atoms with E-state index < -0.39 is 0 Å². The van der Waals surface area contributed by atoms with E-state index in [0.29, 0.717) is 33.7 Å². The lowest BCUT2D eigenvalue weighted by Crippen LogP contribution is -2.37. The first-order valence-electron chi connectivity index (χ1n) is 9.10. The lowest BCUT2D eigenvalue weighted by molar-refractivity contribution is -0.120. The minimum absolute atomic E-state index is 0.0552. The molecule has 0 bridgehead atoms. The molecule has 2 aromatic rings. The van der Waals surface area contributed by atoms with Crippen LogP contribution in [0.15, 0.2) is 4.79 Å². The standard InChI is InChI=1S/C18H24N4O3S/c1-3-8-19-13(23)10-20-16(24)15-11(2)14-17(26-15)21-12-7-5-4-6-9-22(12)18(14)25/h3-10H2,1-2H3,(H,19,23)(H,20,24). The molecule has 26 heavy (non-hydrogen) atoms. The monoisotopic (exact) mass is 376 g/mol. The van der Waals surface area contributed by atoms with Gasteiger partial charge in [-0.3, -0.25) is 19.0 Å². The number of fused-ring (bicyclic) bond motifs is 2. The fourth-order valence-corrected chi connectivity index (χ4v) is 4.30. The number of carbonyl (C=O) groups is 2. The van der Waals surface area contributed by atoms with Gasteiger partial charge in [-0.05, 0) is 31.7 Å². The van der Waals surface area contributed by atoms with E-state index in [1.807, 2.05) is 6.92 Å². The zero-order valence-electron chi connectivity index (χ0n) is 15.2. The van der Waals surface area contributed by atoms with E-state index in [-0.39, 0.29) is 23.9 Å². The second kappa shape index (κ2) is 7.99. The van der Waals surface area contributed by atoms with Crippen molar-refractivity contribution in [1.82, 2.24) is 20.2 Å². The van der Waals surface area contributed by atoms with Gasteiger partial charge in [0, 0.05) is 19.5 Å². The molecule has 2 N–H and O–H groups in total. The van der Waals surface area contributed by atoms with E-state index in [0.717, 1.165) is 37.9 Å². The highest BCUT2D eigenvalue weighted by molar-refractivity contribution is 7.20. The van der Waals surface area contributed by atoms with Crippen LogP contribution >= 0.6 is 11.3 Å². The third-order valence-corrected chi connectivity index (χ3v) is 5.78. The van der Waals surface area contributed by atoms with Crippen LogP contribution in [0.1, 0.15) is 53.7 Å². The lowest BCUT2D eigenvalue weighted by atomic mass is 10.2. The largest absolute Gasteiger partial charge is 0.355 e. The second-order valence-electron chi connectivity index (χ2n) is 6.56. The van der Waals surface area contributed by atoms with Gasteiger partial charge < -0.3 is 10.6 Å². The van der Waals surface area contributed by atoms with Gasteiger partial charge in [0.15, 0.2) is 0 Å². The zero-order chi connectivity index (χ0) is 18.7. The predicted molar refractivity (Wildman–Crippen MR) is 102 cm³/mol. The number of thiophene rings is 1. The molecular weight excluding hydrogens is 352 g/mol. The first-order valence-corrected chi connectivity index (χ1v) is 9.92. The highest BCUT2D eigenvalue weighted by Gasteiger charge is 2.22. The number of carbonyl (C=O) groups excluding carboxylic acids is 2. The molecule has 0 radical (unpaired) electrons. The molecule has 3 heterocycles. The molecule has 0 atom stereocenters. The third kappa shape index (κ3) is 3.65. The number of aryl methyl sites for hydroxylation is 2. The Morgan fingerprint density at radius 3 is 2.81 bits per heavy atom. The number of hydrogen-bond acceptors (Lipinski definition) is 5. The van der Waals surface area contributed by atoms with Crippen molar-refractivity contribution in [2.75, 3.05) is 13.1 Å².